The molecule has 1 aromatic heterocycles. The number of sulfonamides is 1. The third-order valence-corrected chi connectivity index (χ3v) is 7.94. The number of thiophene rings is 1. The van der Waals surface area contributed by atoms with E-state index >= 15 is 0 Å². The molecular formula is C14H23BrN2O2S2. The molecule has 0 aromatic carbocycles. The first-order valence-electron chi connectivity index (χ1n) is 7.25. The minimum absolute atomic E-state index is 0.0778. The summed E-state index contributed by atoms with van der Waals surface area (Å²) in [5.41, 5.74) is 0. The molecule has 21 heavy (non-hydrogen) atoms. The van der Waals surface area contributed by atoms with Crippen LogP contribution < -0.4 is 5.32 Å². The molecule has 2 rings (SSSR count). The van der Waals surface area contributed by atoms with E-state index in [1.165, 1.54) is 11.3 Å². The Morgan fingerprint density at radius 2 is 2.14 bits per heavy atom. The largest absolute Gasteiger partial charge is 0.310 e. The van der Waals surface area contributed by atoms with Gasteiger partial charge in [-0.15, -0.1) is 11.3 Å². The van der Waals surface area contributed by atoms with Crippen molar-refractivity contribution in [1.29, 1.82) is 0 Å². The zero-order chi connectivity index (χ0) is 15.8. The summed E-state index contributed by atoms with van der Waals surface area (Å²) in [5, 5.41) is 3.32. The van der Waals surface area contributed by atoms with Crippen molar-refractivity contribution in [1.82, 2.24) is 9.62 Å². The maximum atomic E-state index is 12.8. The van der Waals surface area contributed by atoms with E-state index in [9.17, 15) is 8.42 Å². The fourth-order valence-electron chi connectivity index (χ4n) is 2.69. The average Bonchev–Trinajstić information content (AvgIpc) is 2.90. The average molecular weight is 395 g/mol. The Kier molecular flexibility index (Phi) is 5.52. The van der Waals surface area contributed by atoms with Gasteiger partial charge < -0.3 is 5.32 Å². The lowest BCUT2D eigenvalue weighted by molar-refractivity contribution is 0.405. The van der Waals surface area contributed by atoms with E-state index in [4.69, 9.17) is 0 Å². The molecule has 0 amide bonds. The highest BCUT2D eigenvalue weighted by Gasteiger charge is 2.37. The molecule has 7 heteroatoms. The summed E-state index contributed by atoms with van der Waals surface area (Å²) in [7, 11) is -3.40. The molecule has 0 aliphatic carbocycles. The van der Waals surface area contributed by atoms with Crippen LogP contribution in [0.2, 0.25) is 0 Å². The van der Waals surface area contributed by atoms with Gasteiger partial charge in [-0.2, -0.15) is 4.31 Å². The third kappa shape index (κ3) is 3.88. The van der Waals surface area contributed by atoms with Crippen molar-refractivity contribution in [3.8, 4) is 0 Å². The number of nitrogens with zero attached hydrogens (tertiary/aromatic N) is 1. The van der Waals surface area contributed by atoms with Crippen LogP contribution in [0.15, 0.2) is 14.7 Å². The van der Waals surface area contributed by atoms with Crippen LogP contribution in [0.5, 0.6) is 0 Å². The fourth-order valence-corrected chi connectivity index (χ4v) is 7.04. The van der Waals surface area contributed by atoms with Crippen molar-refractivity contribution in [2.24, 2.45) is 5.92 Å². The van der Waals surface area contributed by atoms with E-state index in [0.717, 1.165) is 11.3 Å². The Morgan fingerprint density at radius 1 is 1.48 bits per heavy atom. The molecule has 1 aliphatic heterocycles. The predicted octanol–water partition coefficient (Wildman–Crippen LogP) is 3.43. The van der Waals surface area contributed by atoms with Gasteiger partial charge in [-0.05, 0) is 41.3 Å². The summed E-state index contributed by atoms with van der Waals surface area (Å²) in [6.45, 7) is 9.56. The van der Waals surface area contributed by atoms with E-state index in [1.54, 1.807) is 10.4 Å². The van der Waals surface area contributed by atoms with Crippen LogP contribution in [0.1, 0.15) is 39.0 Å². The van der Waals surface area contributed by atoms with Gasteiger partial charge in [-0.25, -0.2) is 8.42 Å². The van der Waals surface area contributed by atoms with Crippen LogP contribution >= 0.6 is 27.3 Å². The first-order valence-corrected chi connectivity index (χ1v) is 10.3. The van der Waals surface area contributed by atoms with Crippen molar-refractivity contribution < 1.29 is 8.42 Å². The number of hydrogen-bond acceptors (Lipinski definition) is 4. The molecule has 0 radical (unpaired) electrons. The van der Waals surface area contributed by atoms with Crippen LogP contribution in [-0.2, 0) is 16.6 Å². The van der Waals surface area contributed by atoms with E-state index in [-0.39, 0.29) is 6.04 Å². The summed E-state index contributed by atoms with van der Waals surface area (Å²) in [6, 6.07) is 2.26. The molecule has 1 saturated heterocycles. The minimum atomic E-state index is -3.40. The maximum absolute atomic E-state index is 12.8. The molecule has 2 atom stereocenters. The van der Waals surface area contributed by atoms with Crippen LogP contribution in [0.25, 0.3) is 0 Å². The van der Waals surface area contributed by atoms with Gasteiger partial charge in [-0.1, -0.05) is 20.8 Å². The topological polar surface area (TPSA) is 49.4 Å². The molecule has 0 saturated carbocycles. The number of rotatable bonds is 5. The number of nitrogens with one attached hydrogen (secondary N) is 1. The normalized spacial score (nSPS) is 24.1. The fraction of sp³-hybridized carbons (Fsp3) is 0.714. The highest BCUT2D eigenvalue weighted by molar-refractivity contribution is 9.11. The highest BCUT2D eigenvalue weighted by atomic mass is 79.9. The standard InChI is InChI=1S/C14H23BrN2O2S2/c1-9(2)16-7-12-6-13(14(15)20-12)21(18,19)17-8-10(3)5-11(17)4/h6,9-11,16H,5,7-8H2,1-4H3. The molecule has 2 heterocycles. The van der Waals surface area contributed by atoms with E-state index < -0.39 is 10.0 Å². The summed E-state index contributed by atoms with van der Waals surface area (Å²) in [5.74, 6) is 0.425. The smallest absolute Gasteiger partial charge is 0.245 e. The van der Waals surface area contributed by atoms with Crippen molar-refractivity contribution >= 4 is 37.3 Å². The minimum Gasteiger partial charge on any atom is -0.310 e. The Morgan fingerprint density at radius 3 is 2.67 bits per heavy atom. The molecular weight excluding hydrogens is 372 g/mol. The Balaban J connectivity index is 2.24. The monoisotopic (exact) mass is 394 g/mol. The van der Waals surface area contributed by atoms with E-state index in [0.29, 0.717) is 33.7 Å². The lowest BCUT2D eigenvalue weighted by Crippen LogP contribution is -2.33. The summed E-state index contributed by atoms with van der Waals surface area (Å²) in [4.78, 5) is 1.45. The van der Waals surface area contributed by atoms with Crippen molar-refractivity contribution in [2.45, 2.75) is 57.6 Å². The zero-order valence-corrected chi connectivity index (χ0v) is 16.1. The second kappa shape index (κ2) is 6.66. The number of hydrogen-bond donors (Lipinski definition) is 1. The first-order chi connectivity index (χ1) is 9.71. The van der Waals surface area contributed by atoms with Gasteiger partial charge in [0.2, 0.25) is 10.0 Å². The van der Waals surface area contributed by atoms with Gasteiger partial charge in [0.05, 0.1) is 3.79 Å². The molecule has 1 fully saturated rings. The second-order valence-electron chi connectivity index (χ2n) is 6.15. The quantitative estimate of drug-likeness (QED) is 0.831. The molecule has 1 N–H and O–H groups in total. The van der Waals surface area contributed by atoms with Crippen molar-refractivity contribution in [3.05, 3.63) is 14.7 Å². The van der Waals surface area contributed by atoms with Gasteiger partial charge in [0.25, 0.3) is 0 Å². The zero-order valence-electron chi connectivity index (χ0n) is 12.9. The molecule has 2 unspecified atom stereocenters. The molecule has 4 nitrogen and oxygen atoms in total. The Bertz CT molecular complexity index is 598. The molecule has 1 aliphatic rings. The predicted molar refractivity (Wildman–Crippen MR) is 91.1 cm³/mol. The van der Waals surface area contributed by atoms with Gasteiger partial charge in [0.15, 0.2) is 0 Å². The molecule has 1 aromatic rings. The van der Waals surface area contributed by atoms with Crippen molar-refractivity contribution in [3.63, 3.8) is 0 Å². The van der Waals surface area contributed by atoms with Crippen LogP contribution in [0.4, 0.5) is 0 Å². The van der Waals surface area contributed by atoms with Crippen molar-refractivity contribution in [2.75, 3.05) is 6.54 Å². The summed E-state index contributed by atoms with van der Waals surface area (Å²) >= 11 is 4.92. The number of halogens is 1. The Labute approximate surface area is 140 Å². The van der Waals surface area contributed by atoms with E-state index in [2.05, 4.69) is 42.0 Å². The SMILES string of the molecule is CC1CC(C)N(S(=O)(=O)c2cc(CNC(C)C)sc2Br)C1. The maximum Gasteiger partial charge on any atom is 0.245 e. The highest BCUT2D eigenvalue weighted by Crippen LogP contribution is 2.36. The van der Waals surface area contributed by atoms with Gasteiger partial charge >= 0.3 is 0 Å². The first kappa shape index (κ1) is 17.4. The van der Waals surface area contributed by atoms with Crippen LogP contribution in [0.3, 0.4) is 0 Å². The third-order valence-electron chi connectivity index (χ3n) is 3.70. The molecule has 0 bridgehead atoms. The summed E-state index contributed by atoms with van der Waals surface area (Å²) < 4.78 is 28.0. The van der Waals surface area contributed by atoms with E-state index in [1.807, 2.05) is 6.92 Å². The molecule has 120 valence electrons. The van der Waals surface area contributed by atoms with Crippen LogP contribution in [-0.4, -0.2) is 31.4 Å². The molecule has 0 spiro atoms. The van der Waals surface area contributed by atoms with Gasteiger partial charge in [-0.3, -0.25) is 0 Å². The Hall–Kier alpha value is 0.0500. The lowest BCUT2D eigenvalue weighted by Gasteiger charge is -2.20. The van der Waals surface area contributed by atoms with Gasteiger partial charge in [0, 0.05) is 30.1 Å². The summed E-state index contributed by atoms with van der Waals surface area (Å²) in [6.07, 6.45) is 0.933. The lowest BCUT2D eigenvalue weighted by atomic mass is 10.1. The second-order valence-corrected chi connectivity index (χ2v) is 10.5. The van der Waals surface area contributed by atoms with Crippen LogP contribution in [0, 0.1) is 5.92 Å². The van der Waals surface area contributed by atoms with Gasteiger partial charge in [0.1, 0.15) is 4.90 Å².